The van der Waals surface area contributed by atoms with Crippen molar-refractivity contribution >= 4 is 5.91 Å². The third-order valence-electron chi connectivity index (χ3n) is 6.85. The van der Waals surface area contributed by atoms with Crippen LogP contribution in [0.15, 0.2) is 36.8 Å². The summed E-state index contributed by atoms with van der Waals surface area (Å²) in [7, 11) is 0. The van der Waals surface area contributed by atoms with Gasteiger partial charge in [-0.3, -0.25) is 4.79 Å². The van der Waals surface area contributed by atoms with Crippen molar-refractivity contribution in [3.05, 3.63) is 42.4 Å². The second-order valence-corrected chi connectivity index (χ2v) is 7.99. The summed E-state index contributed by atoms with van der Waals surface area (Å²) in [6.45, 7) is 7.05. The Kier molecular flexibility index (Phi) is 3.31. The number of rotatable bonds is 3. The quantitative estimate of drug-likeness (QED) is 0.943. The molecule has 1 N–H and O–H groups in total. The number of carbonyl (C=O) groups excluding carboxylic acids is 1. The SMILES string of the molecule is CC1(C)[C@H]2CC[C@@]1(C)[C@H](NC(=O)c1ccc(-n3cccn3)nc1)C2. The zero-order valence-corrected chi connectivity index (χ0v) is 14.5. The monoisotopic (exact) mass is 324 g/mol. The number of hydrogen-bond donors (Lipinski definition) is 1. The van der Waals surface area contributed by atoms with Gasteiger partial charge in [-0.15, -0.1) is 0 Å². The molecule has 0 spiro atoms. The highest BCUT2D eigenvalue weighted by Crippen LogP contribution is 2.65. The molecule has 5 heteroatoms. The summed E-state index contributed by atoms with van der Waals surface area (Å²) in [6, 6.07) is 5.75. The molecule has 0 unspecified atom stereocenters. The van der Waals surface area contributed by atoms with Gasteiger partial charge < -0.3 is 5.32 Å². The molecular weight excluding hydrogens is 300 g/mol. The Bertz CT molecular complexity index is 750. The van der Waals surface area contributed by atoms with Gasteiger partial charge >= 0.3 is 0 Å². The highest BCUT2D eigenvalue weighted by Gasteiger charge is 2.61. The van der Waals surface area contributed by atoms with E-state index in [-0.39, 0.29) is 17.4 Å². The van der Waals surface area contributed by atoms with E-state index < -0.39 is 0 Å². The molecule has 4 rings (SSSR count). The molecule has 0 aliphatic heterocycles. The van der Waals surface area contributed by atoms with E-state index in [9.17, 15) is 4.79 Å². The number of carbonyl (C=O) groups is 1. The zero-order valence-electron chi connectivity index (χ0n) is 14.5. The fourth-order valence-electron chi connectivity index (χ4n) is 4.72. The maximum atomic E-state index is 12.7. The Labute approximate surface area is 142 Å². The van der Waals surface area contributed by atoms with Crippen molar-refractivity contribution in [3.8, 4) is 5.82 Å². The second-order valence-electron chi connectivity index (χ2n) is 7.99. The second kappa shape index (κ2) is 5.16. The van der Waals surface area contributed by atoms with Gasteiger partial charge in [0.15, 0.2) is 5.82 Å². The van der Waals surface area contributed by atoms with Crippen LogP contribution in [-0.2, 0) is 0 Å². The molecular formula is C19H24N4O. The first kappa shape index (κ1) is 15.4. The Balaban J connectivity index is 1.49. The van der Waals surface area contributed by atoms with Crippen LogP contribution < -0.4 is 5.32 Å². The fourth-order valence-corrected chi connectivity index (χ4v) is 4.72. The van der Waals surface area contributed by atoms with Crippen molar-refractivity contribution in [2.24, 2.45) is 16.7 Å². The molecule has 0 saturated heterocycles. The third kappa shape index (κ3) is 2.10. The average molecular weight is 324 g/mol. The van der Waals surface area contributed by atoms with Crippen LogP contribution >= 0.6 is 0 Å². The number of nitrogens with one attached hydrogen (secondary N) is 1. The molecule has 24 heavy (non-hydrogen) atoms. The maximum Gasteiger partial charge on any atom is 0.253 e. The number of fused-ring (bicyclic) bond motifs is 2. The predicted molar refractivity (Wildman–Crippen MR) is 91.8 cm³/mol. The molecule has 126 valence electrons. The van der Waals surface area contributed by atoms with E-state index >= 15 is 0 Å². The molecule has 2 bridgehead atoms. The van der Waals surface area contributed by atoms with Gasteiger partial charge in [-0.2, -0.15) is 5.10 Å². The molecule has 2 aromatic heterocycles. The highest BCUT2D eigenvalue weighted by atomic mass is 16.1. The smallest absolute Gasteiger partial charge is 0.253 e. The van der Waals surface area contributed by atoms with E-state index in [1.807, 2.05) is 24.4 Å². The lowest BCUT2D eigenvalue weighted by atomic mass is 9.69. The third-order valence-corrected chi connectivity index (χ3v) is 6.85. The van der Waals surface area contributed by atoms with Gasteiger partial charge in [0.05, 0.1) is 5.56 Å². The summed E-state index contributed by atoms with van der Waals surface area (Å²) in [5, 5.41) is 7.42. The summed E-state index contributed by atoms with van der Waals surface area (Å²) in [5.74, 6) is 1.40. The molecule has 0 aromatic carbocycles. The number of hydrogen-bond acceptors (Lipinski definition) is 3. The van der Waals surface area contributed by atoms with Crippen LogP contribution in [0.4, 0.5) is 0 Å². The maximum absolute atomic E-state index is 12.7. The lowest BCUT2D eigenvalue weighted by molar-refractivity contribution is 0.0826. The summed E-state index contributed by atoms with van der Waals surface area (Å²) in [4.78, 5) is 17.0. The molecule has 5 nitrogen and oxygen atoms in total. The lowest BCUT2D eigenvalue weighted by Crippen LogP contribution is -2.46. The van der Waals surface area contributed by atoms with E-state index in [0.29, 0.717) is 22.7 Å². The first-order valence-electron chi connectivity index (χ1n) is 8.69. The van der Waals surface area contributed by atoms with Gasteiger partial charge in [0.25, 0.3) is 5.91 Å². The normalized spacial score (nSPS) is 30.5. The summed E-state index contributed by atoms with van der Waals surface area (Å²) in [6.07, 6.45) is 8.75. The van der Waals surface area contributed by atoms with Crippen molar-refractivity contribution in [2.45, 2.75) is 46.1 Å². The first-order chi connectivity index (χ1) is 11.4. The standard InChI is InChI=1S/C19H24N4O/c1-18(2)14-7-8-19(18,3)15(11-14)22-17(24)13-5-6-16(20-12-13)23-10-4-9-21-23/h4-6,9-10,12,14-15H,7-8,11H2,1-3H3,(H,22,24)/t14-,15+,19-/m0/s1. The van der Waals surface area contributed by atoms with E-state index in [4.69, 9.17) is 0 Å². The molecule has 0 radical (unpaired) electrons. The highest BCUT2D eigenvalue weighted by molar-refractivity contribution is 5.94. The number of aromatic nitrogens is 3. The van der Waals surface area contributed by atoms with Crippen molar-refractivity contribution in [3.63, 3.8) is 0 Å². The zero-order chi connectivity index (χ0) is 16.9. The van der Waals surface area contributed by atoms with Gasteiger partial charge in [-0.05, 0) is 54.2 Å². The van der Waals surface area contributed by atoms with E-state index in [0.717, 1.165) is 6.42 Å². The summed E-state index contributed by atoms with van der Waals surface area (Å²) < 4.78 is 1.68. The lowest BCUT2D eigenvalue weighted by Gasteiger charge is -2.39. The average Bonchev–Trinajstić information content (AvgIpc) is 3.22. The van der Waals surface area contributed by atoms with Gasteiger partial charge in [-0.25, -0.2) is 9.67 Å². The van der Waals surface area contributed by atoms with Crippen molar-refractivity contribution < 1.29 is 4.79 Å². The van der Waals surface area contributed by atoms with Crippen LogP contribution in [0.1, 0.15) is 50.4 Å². The fraction of sp³-hybridized carbons (Fsp3) is 0.526. The van der Waals surface area contributed by atoms with Gasteiger partial charge in [0.2, 0.25) is 0 Å². The van der Waals surface area contributed by atoms with Crippen molar-refractivity contribution in [1.29, 1.82) is 0 Å². The minimum atomic E-state index is -0.0240. The molecule has 2 aromatic rings. The Morgan fingerprint density at radius 1 is 1.33 bits per heavy atom. The van der Waals surface area contributed by atoms with Crippen LogP contribution in [-0.4, -0.2) is 26.7 Å². The van der Waals surface area contributed by atoms with Gasteiger partial charge in [0, 0.05) is 24.6 Å². The molecule has 2 aliphatic carbocycles. The predicted octanol–water partition coefficient (Wildman–Crippen LogP) is 3.21. The topological polar surface area (TPSA) is 59.8 Å². The molecule has 2 heterocycles. The number of amides is 1. The van der Waals surface area contributed by atoms with Crippen LogP contribution in [0, 0.1) is 16.7 Å². The Morgan fingerprint density at radius 3 is 2.71 bits per heavy atom. The molecule has 1 amide bonds. The van der Waals surface area contributed by atoms with Crippen molar-refractivity contribution in [1.82, 2.24) is 20.1 Å². The van der Waals surface area contributed by atoms with Crippen LogP contribution in [0.5, 0.6) is 0 Å². The van der Waals surface area contributed by atoms with Gasteiger partial charge in [-0.1, -0.05) is 20.8 Å². The van der Waals surface area contributed by atoms with E-state index in [1.54, 1.807) is 17.1 Å². The van der Waals surface area contributed by atoms with Gasteiger partial charge in [0.1, 0.15) is 0 Å². The summed E-state index contributed by atoms with van der Waals surface area (Å²) in [5.41, 5.74) is 1.10. The number of nitrogens with zero attached hydrogens (tertiary/aromatic N) is 3. The molecule has 2 fully saturated rings. The summed E-state index contributed by atoms with van der Waals surface area (Å²) >= 11 is 0. The number of pyridine rings is 1. The van der Waals surface area contributed by atoms with E-state index in [2.05, 4.69) is 36.2 Å². The van der Waals surface area contributed by atoms with Crippen LogP contribution in [0.2, 0.25) is 0 Å². The molecule has 2 saturated carbocycles. The minimum Gasteiger partial charge on any atom is -0.349 e. The van der Waals surface area contributed by atoms with E-state index in [1.165, 1.54) is 12.8 Å². The largest absolute Gasteiger partial charge is 0.349 e. The molecule has 2 aliphatic rings. The Morgan fingerprint density at radius 2 is 2.17 bits per heavy atom. The van der Waals surface area contributed by atoms with Crippen molar-refractivity contribution in [2.75, 3.05) is 0 Å². The van der Waals surface area contributed by atoms with Crippen LogP contribution in [0.3, 0.4) is 0 Å². The van der Waals surface area contributed by atoms with Crippen LogP contribution in [0.25, 0.3) is 5.82 Å². The molecule has 3 atom stereocenters. The first-order valence-corrected chi connectivity index (χ1v) is 8.69. The minimum absolute atomic E-state index is 0.0240. The Hall–Kier alpha value is -2.17.